The number of rotatable bonds is 8. The number of imidazole rings is 1. The molecular weight excluding hydrogens is 396 g/mol. The minimum Gasteiger partial charge on any atom is -0.494 e. The molecule has 1 fully saturated rings. The van der Waals surface area contributed by atoms with Crippen molar-refractivity contribution < 1.29 is 9.53 Å². The van der Waals surface area contributed by atoms with Crippen LogP contribution < -0.4 is 10.1 Å². The molecule has 1 aliphatic carbocycles. The summed E-state index contributed by atoms with van der Waals surface area (Å²) in [6, 6.07) is 11.9. The van der Waals surface area contributed by atoms with Crippen molar-refractivity contribution >= 4 is 34.5 Å². The highest BCUT2D eigenvalue weighted by Gasteiger charge is 2.22. The van der Waals surface area contributed by atoms with Crippen molar-refractivity contribution in [2.75, 3.05) is 17.7 Å². The average molecular weight is 425 g/mol. The smallest absolute Gasteiger partial charge is 0.234 e. The zero-order valence-corrected chi connectivity index (χ0v) is 18.2. The van der Waals surface area contributed by atoms with Crippen LogP contribution in [0.25, 0.3) is 11.2 Å². The van der Waals surface area contributed by atoms with Crippen LogP contribution in [-0.2, 0) is 10.5 Å². The lowest BCUT2D eigenvalue weighted by molar-refractivity contribution is -0.113. The maximum absolute atomic E-state index is 12.4. The molecule has 0 bridgehead atoms. The normalized spacial score (nSPS) is 14.7. The van der Waals surface area contributed by atoms with Gasteiger partial charge in [-0.05, 0) is 56.2 Å². The van der Waals surface area contributed by atoms with E-state index in [1.54, 1.807) is 11.8 Å². The van der Waals surface area contributed by atoms with Crippen molar-refractivity contribution in [2.45, 2.75) is 50.8 Å². The SMILES string of the molecule is CCOc1ccc(NC(=O)CSCc2nc3cccnc3n2C2CCCCC2)cc1. The molecule has 3 aromatic rings. The molecule has 2 aromatic heterocycles. The quantitative estimate of drug-likeness (QED) is 0.538. The number of aromatic nitrogens is 3. The molecule has 0 radical (unpaired) electrons. The highest BCUT2D eigenvalue weighted by Crippen LogP contribution is 2.32. The first-order chi connectivity index (χ1) is 14.7. The third kappa shape index (κ3) is 4.95. The van der Waals surface area contributed by atoms with Gasteiger partial charge in [0.15, 0.2) is 5.65 Å². The first-order valence-electron chi connectivity index (χ1n) is 10.7. The van der Waals surface area contributed by atoms with Crippen LogP contribution in [0.2, 0.25) is 0 Å². The summed E-state index contributed by atoms with van der Waals surface area (Å²) in [4.78, 5) is 21.8. The summed E-state index contributed by atoms with van der Waals surface area (Å²) in [6.07, 6.45) is 8.02. The van der Waals surface area contributed by atoms with Gasteiger partial charge in [0.25, 0.3) is 0 Å². The Morgan fingerprint density at radius 1 is 1.20 bits per heavy atom. The third-order valence-corrected chi connectivity index (χ3v) is 6.30. The molecule has 2 heterocycles. The number of thioether (sulfide) groups is 1. The lowest BCUT2D eigenvalue weighted by atomic mass is 9.95. The molecule has 1 N–H and O–H groups in total. The summed E-state index contributed by atoms with van der Waals surface area (Å²) in [5.74, 6) is 2.90. The van der Waals surface area contributed by atoms with Crippen LogP contribution in [0, 0.1) is 0 Å². The molecule has 158 valence electrons. The second-order valence-corrected chi connectivity index (χ2v) is 8.52. The molecule has 0 atom stereocenters. The minimum atomic E-state index is -0.0115. The number of pyridine rings is 1. The molecule has 4 rings (SSSR count). The zero-order chi connectivity index (χ0) is 20.8. The molecule has 1 amide bonds. The fourth-order valence-electron chi connectivity index (χ4n) is 4.03. The predicted octanol–water partition coefficient (Wildman–Crippen LogP) is 5.21. The predicted molar refractivity (Wildman–Crippen MR) is 122 cm³/mol. The number of amides is 1. The summed E-state index contributed by atoms with van der Waals surface area (Å²) in [5.41, 5.74) is 2.69. The van der Waals surface area contributed by atoms with E-state index in [2.05, 4.69) is 14.9 Å². The van der Waals surface area contributed by atoms with E-state index in [1.165, 1.54) is 32.1 Å². The first-order valence-corrected chi connectivity index (χ1v) is 11.8. The van der Waals surface area contributed by atoms with Crippen molar-refractivity contribution in [3.8, 4) is 5.75 Å². The molecule has 0 spiro atoms. The first kappa shape index (κ1) is 20.7. The molecule has 7 heteroatoms. The van der Waals surface area contributed by atoms with Gasteiger partial charge in [-0.25, -0.2) is 9.97 Å². The second kappa shape index (κ2) is 9.98. The summed E-state index contributed by atoms with van der Waals surface area (Å²) >= 11 is 1.59. The van der Waals surface area contributed by atoms with E-state index in [0.717, 1.165) is 28.4 Å². The number of anilines is 1. The van der Waals surface area contributed by atoms with Crippen molar-refractivity contribution in [2.24, 2.45) is 0 Å². The largest absolute Gasteiger partial charge is 0.494 e. The standard InChI is InChI=1S/C23H28N4O2S/c1-2-29-19-12-10-17(11-13-19)25-22(28)16-30-15-21-26-20-9-6-14-24-23(20)27(21)18-7-4-3-5-8-18/h6,9-14,18H,2-5,7-8,15-16H2,1H3,(H,25,28). The van der Waals surface area contributed by atoms with Crippen LogP contribution >= 0.6 is 11.8 Å². The van der Waals surface area contributed by atoms with Gasteiger partial charge in [-0.2, -0.15) is 0 Å². The molecule has 1 saturated carbocycles. The Bertz CT molecular complexity index is 981. The van der Waals surface area contributed by atoms with Crippen molar-refractivity contribution in [1.29, 1.82) is 0 Å². The molecule has 1 aromatic carbocycles. The topological polar surface area (TPSA) is 69.0 Å². The van der Waals surface area contributed by atoms with Gasteiger partial charge >= 0.3 is 0 Å². The van der Waals surface area contributed by atoms with Gasteiger partial charge in [-0.3, -0.25) is 4.79 Å². The van der Waals surface area contributed by atoms with Gasteiger partial charge in [0.1, 0.15) is 17.1 Å². The minimum absolute atomic E-state index is 0.0115. The van der Waals surface area contributed by atoms with E-state index in [-0.39, 0.29) is 5.91 Å². The lowest BCUT2D eigenvalue weighted by Gasteiger charge is -2.25. The average Bonchev–Trinajstić information content (AvgIpc) is 3.14. The number of benzene rings is 1. The summed E-state index contributed by atoms with van der Waals surface area (Å²) < 4.78 is 7.76. The molecule has 0 unspecified atom stereocenters. The van der Waals surface area contributed by atoms with Gasteiger partial charge in [-0.15, -0.1) is 11.8 Å². The molecule has 6 nitrogen and oxygen atoms in total. The maximum atomic E-state index is 12.4. The van der Waals surface area contributed by atoms with E-state index in [1.807, 2.05) is 49.5 Å². The Morgan fingerprint density at radius 2 is 2.00 bits per heavy atom. The number of nitrogens with one attached hydrogen (secondary N) is 1. The Labute approximate surface area is 181 Å². The van der Waals surface area contributed by atoms with E-state index >= 15 is 0 Å². The number of nitrogens with zero attached hydrogens (tertiary/aromatic N) is 3. The highest BCUT2D eigenvalue weighted by molar-refractivity contribution is 7.99. The Morgan fingerprint density at radius 3 is 2.77 bits per heavy atom. The lowest BCUT2D eigenvalue weighted by Crippen LogP contribution is -2.17. The van der Waals surface area contributed by atoms with Crippen molar-refractivity contribution in [1.82, 2.24) is 14.5 Å². The number of hydrogen-bond donors (Lipinski definition) is 1. The molecular formula is C23H28N4O2S. The number of fused-ring (bicyclic) bond motifs is 1. The van der Waals surface area contributed by atoms with Crippen LogP contribution in [0.3, 0.4) is 0 Å². The summed E-state index contributed by atoms with van der Waals surface area (Å²) in [6.45, 7) is 2.58. The molecule has 0 saturated heterocycles. The summed E-state index contributed by atoms with van der Waals surface area (Å²) in [5, 5.41) is 2.95. The Balaban J connectivity index is 1.38. The van der Waals surface area contributed by atoms with Gasteiger partial charge in [0.2, 0.25) is 5.91 Å². The molecule has 0 aliphatic heterocycles. The van der Waals surface area contributed by atoms with Gasteiger partial charge < -0.3 is 14.6 Å². The van der Waals surface area contributed by atoms with Gasteiger partial charge in [0.05, 0.1) is 18.1 Å². The fraction of sp³-hybridized carbons (Fsp3) is 0.435. The zero-order valence-electron chi connectivity index (χ0n) is 17.3. The van der Waals surface area contributed by atoms with Crippen LogP contribution in [0.4, 0.5) is 5.69 Å². The van der Waals surface area contributed by atoms with Crippen LogP contribution in [-0.4, -0.2) is 32.8 Å². The highest BCUT2D eigenvalue weighted by atomic mass is 32.2. The Hall–Kier alpha value is -2.54. The van der Waals surface area contributed by atoms with Crippen LogP contribution in [0.1, 0.15) is 50.9 Å². The monoisotopic (exact) mass is 424 g/mol. The van der Waals surface area contributed by atoms with Gasteiger partial charge in [-0.1, -0.05) is 19.3 Å². The van der Waals surface area contributed by atoms with Crippen molar-refractivity contribution in [3.63, 3.8) is 0 Å². The van der Waals surface area contributed by atoms with Crippen molar-refractivity contribution in [3.05, 3.63) is 48.4 Å². The van der Waals surface area contributed by atoms with E-state index in [4.69, 9.17) is 9.72 Å². The van der Waals surface area contributed by atoms with E-state index in [0.29, 0.717) is 24.2 Å². The Kier molecular flexibility index (Phi) is 6.89. The number of carbonyl (C=O) groups is 1. The number of ether oxygens (including phenoxy) is 1. The third-order valence-electron chi connectivity index (χ3n) is 5.38. The van der Waals surface area contributed by atoms with Crippen LogP contribution in [0.5, 0.6) is 5.75 Å². The number of carbonyl (C=O) groups excluding carboxylic acids is 1. The summed E-state index contributed by atoms with van der Waals surface area (Å²) in [7, 11) is 0. The fourth-order valence-corrected chi connectivity index (χ4v) is 4.78. The molecule has 1 aliphatic rings. The second-order valence-electron chi connectivity index (χ2n) is 7.53. The van der Waals surface area contributed by atoms with E-state index in [9.17, 15) is 4.79 Å². The van der Waals surface area contributed by atoms with Crippen LogP contribution in [0.15, 0.2) is 42.6 Å². The van der Waals surface area contributed by atoms with E-state index < -0.39 is 0 Å². The maximum Gasteiger partial charge on any atom is 0.234 e. The molecule has 30 heavy (non-hydrogen) atoms. The number of hydrogen-bond acceptors (Lipinski definition) is 5. The van der Waals surface area contributed by atoms with Gasteiger partial charge in [0, 0.05) is 17.9 Å².